The number of carbonyl (C=O) groups excluding carboxylic acids is 1. The maximum atomic E-state index is 11.7. The van der Waals surface area contributed by atoms with Crippen molar-refractivity contribution < 1.29 is 14.3 Å². The predicted molar refractivity (Wildman–Crippen MR) is 96.5 cm³/mol. The summed E-state index contributed by atoms with van der Waals surface area (Å²) in [7, 11) is 0. The van der Waals surface area contributed by atoms with Gasteiger partial charge in [0.05, 0.1) is 31.3 Å². The number of hydrogen-bond donors (Lipinski definition) is 0. The second-order valence-electron chi connectivity index (χ2n) is 5.65. The molecule has 1 fully saturated rings. The summed E-state index contributed by atoms with van der Waals surface area (Å²) in [6.45, 7) is 7.11. The topological polar surface area (TPSA) is 69.5 Å². The van der Waals surface area contributed by atoms with Gasteiger partial charge in [-0.25, -0.2) is 0 Å². The van der Waals surface area contributed by atoms with Gasteiger partial charge in [0, 0.05) is 13.1 Å². The number of aromatic nitrogens is 3. The van der Waals surface area contributed by atoms with Gasteiger partial charge in [-0.05, 0) is 31.5 Å². The van der Waals surface area contributed by atoms with E-state index in [1.54, 1.807) is 6.92 Å². The number of morpholine rings is 1. The van der Waals surface area contributed by atoms with Crippen LogP contribution in [0.25, 0.3) is 5.69 Å². The zero-order valence-corrected chi connectivity index (χ0v) is 15.3. The monoisotopic (exact) mass is 362 g/mol. The summed E-state index contributed by atoms with van der Waals surface area (Å²) in [4.78, 5) is 13.9. The van der Waals surface area contributed by atoms with E-state index < -0.39 is 0 Å². The van der Waals surface area contributed by atoms with Crippen LogP contribution in [0, 0.1) is 6.92 Å². The molecular formula is C17H22N4O3S. The molecule has 1 aromatic carbocycles. The van der Waals surface area contributed by atoms with E-state index in [0.29, 0.717) is 25.0 Å². The Morgan fingerprint density at radius 3 is 2.84 bits per heavy atom. The highest BCUT2D eigenvalue weighted by atomic mass is 32.2. The Bertz CT molecular complexity index is 728. The maximum absolute atomic E-state index is 11.7. The third-order valence-electron chi connectivity index (χ3n) is 3.79. The van der Waals surface area contributed by atoms with E-state index in [0.717, 1.165) is 30.3 Å². The lowest BCUT2D eigenvalue weighted by Gasteiger charge is -2.28. The van der Waals surface area contributed by atoms with Crippen molar-refractivity contribution in [2.75, 3.05) is 43.6 Å². The fraction of sp³-hybridized carbons (Fsp3) is 0.471. The molecule has 2 aromatic rings. The lowest BCUT2D eigenvalue weighted by Crippen LogP contribution is -2.37. The van der Waals surface area contributed by atoms with Gasteiger partial charge in [-0.2, -0.15) is 0 Å². The fourth-order valence-electron chi connectivity index (χ4n) is 2.64. The number of nitrogens with zero attached hydrogens (tertiary/aromatic N) is 4. The van der Waals surface area contributed by atoms with E-state index in [2.05, 4.69) is 21.2 Å². The third-order valence-corrected chi connectivity index (χ3v) is 4.70. The van der Waals surface area contributed by atoms with Gasteiger partial charge >= 0.3 is 5.97 Å². The molecule has 7 nitrogen and oxygen atoms in total. The summed E-state index contributed by atoms with van der Waals surface area (Å²) < 4.78 is 12.4. The molecule has 8 heteroatoms. The highest BCUT2D eigenvalue weighted by Crippen LogP contribution is 2.27. The number of aryl methyl sites for hydroxylation is 1. The van der Waals surface area contributed by atoms with Crippen LogP contribution in [-0.4, -0.2) is 59.4 Å². The molecule has 0 N–H and O–H groups in total. The zero-order chi connectivity index (χ0) is 17.6. The molecular weight excluding hydrogens is 340 g/mol. The van der Waals surface area contributed by atoms with Crippen molar-refractivity contribution in [2.45, 2.75) is 19.0 Å². The molecule has 0 atom stereocenters. The fourth-order valence-corrected chi connectivity index (χ4v) is 3.39. The molecule has 25 heavy (non-hydrogen) atoms. The summed E-state index contributed by atoms with van der Waals surface area (Å²) in [6.07, 6.45) is 0. The quantitative estimate of drug-likeness (QED) is 0.575. The van der Waals surface area contributed by atoms with Crippen LogP contribution in [0.4, 0.5) is 5.95 Å². The van der Waals surface area contributed by atoms with E-state index in [4.69, 9.17) is 9.47 Å². The van der Waals surface area contributed by atoms with Crippen LogP contribution in [0.2, 0.25) is 0 Å². The summed E-state index contributed by atoms with van der Waals surface area (Å²) in [5, 5.41) is 9.38. The summed E-state index contributed by atoms with van der Waals surface area (Å²) in [5.74, 6) is 0.737. The normalized spacial score (nSPS) is 14.6. The highest BCUT2D eigenvalue weighted by molar-refractivity contribution is 7.99. The Balaban J connectivity index is 1.91. The van der Waals surface area contributed by atoms with Gasteiger partial charge < -0.3 is 14.4 Å². The van der Waals surface area contributed by atoms with Crippen molar-refractivity contribution >= 4 is 23.7 Å². The number of thioether (sulfide) groups is 1. The molecule has 1 aliphatic heterocycles. The Hall–Kier alpha value is -2.06. The molecule has 0 radical (unpaired) electrons. The molecule has 134 valence electrons. The first-order valence-electron chi connectivity index (χ1n) is 8.32. The van der Waals surface area contributed by atoms with Crippen molar-refractivity contribution in [3.05, 3.63) is 29.8 Å². The third kappa shape index (κ3) is 4.32. The van der Waals surface area contributed by atoms with Gasteiger partial charge in [-0.1, -0.05) is 23.9 Å². The van der Waals surface area contributed by atoms with Gasteiger partial charge in [0.2, 0.25) is 5.95 Å². The van der Waals surface area contributed by atoms with Crippen LogP contribution >= 0.6 is 11.8 Å². The molecule has 1 saturated heterocycles. The number of benzene rings is 1. The summed E-state index contributed by atoms with van der Waals surface area (Å²) in [6, 6.07) is 8.16. The molecule has 2 heterocycles. The van der Waals surface area contributed by atoms with E-state index in [9.17, 15) is 4.79 Å². The summed E-state index contributed by atoms with van der Waals surface area (Å²) in [5.41, 5.74) is 2.14. The zero-order valence-electron chi connectivity index (χ0n) is 14.5. The largest absolute Gasteiger partial charge is 0.465 e. The number of carbonyl (C=O) groups is 1. The minimum Gasteiger partial charge on any atom is -0.465 e. The molecule has 0 amide bonds. The smallest absolute Gasteiger partial charge is 0.316 e. The van der Waals surface area contributed by atoms with Crippen LogP contribution in [0.1, 0.15) is 12.5 Å². The predicted octanol–water partition coefficient (Wildman–Crippen LogP) is 2.07. The average molecular weight is 362 g/mol. The number of esters is 1. The van der Waals surface area contributed by atoms with E-state index in [1.165, 1.54) is 11.8 Å². The lowest BCUT2D eigenvalue weighted by molar-refractivity contribution is -0.139. The Labute approximate surface area is 151 Å². The Morgan fingerprint density at radius 2 is 2.12 bits per heavy atom. The maximum Gasteiger partial charge on any atom is 0.316 e. The number of anilines is 1. The van der Waals surface area contributed by atoms with Crippen LogP contribution in [0.3, 0.4) is 0 Å². The Morgan fingerprint density at radius 1 is 1.32 bits per heavy atom. The molecule has 0 unspecified atom stereocenters. The van der Waals surface area contributed by atoms with Crippen LogP contribution < -0.4 is 4.90 Å². The molecule has 1 aliphatic rings. The number of ether oxygens (including phenoxy) is 2. The lowest BCUT2D eigenvalue weighted by atomic mass is 10.2. The number of hydrogen-bond acceptors (Lipinski definition) is 7. The standard InChI is InChI=1S/C17H22N4O3S/c1-3-24-15(22)12-25-17-19-18-16(20-7-9-23-10-8-20)21(17)14-6-4-5-13(2)11-14/h4-6,11H,3,7-10,12H2,1-2H3. The van der Waals surface area contributed by atoms with Crippen LogP contribution in [-0.2, 0) is 14.3 Å². The number of rotatable bonds is 6. The van der Waals surface area contributed by atoms with Gasteiger partial charge in [-0.15, -0.1) is 10.2 Å². The van der Waals surface area contributed by atoms with Crippen molar-refractivity contribution in [1.82, 2.24) is 14.8 Å². The van der Waals surface area contributed by atoms with E-state index >= 15 is 0 Å². The van der Waals surface area contributed by atoms with Crippen molar-refractivity contribution in [3.8, 4) is 5.69 Å². The second kappa shape index (κ2) is 8.35. The molecule has 0 spiro atoms. The van der Waals surface area contributed by atoms with Gasteiger partial charge in [-0.3, -0.25) is 9.36 Å². The van der Waals surface area contributed by atoms with E-state index in [-0.39, 0.29) is 11.7 Å². The van der Waals surface area contributed by atoms with Gasteiger partial charge in [0.1, 0.15) is 0 Å². The van der Waals surface area contributed by atoms with Gasteiger partial charge in [0.15, 0.2) is 5.16 Å². The van der Waals surface area contributed by atoms with E-state index in [1.807, 2.05) is 29.7 Å². The average Bonchev–Trinajstić information content (AvgIpc) is 3.05. The highest BCUT2D eigenvalue weighted by Gasteiger charge is 2.22. The minimum atomic E-state index is -0.251. The molecule has 3 rings (SSSR count). The first-order chi connectivity index (χ1) is 12.2. The van der Waals surface area contributed by atoms with Crippen LogP contribution in [0.5, 0.6) is 0 Å². The van der Waals surface area contributed by atoms with Crippen molar-refractivity contribution in [1.29, 1.82) is 0 Å². The Kier molecular flexibility index (Phi) is 5.93. The SMILES string of the molecule is CCOC(=O)CSc1nnc(N2CCOCC2)n1-c1cccc(C)c1. The van der Waals surface area contributed by atoms with Crippen molar-refractivity contribution in [3.63, 3.8) is 0 Å². The molecule has 1 aromatic heterocycles. The minimum absolute atomic E-state index is 0.209. The van der Waals surface area contributed by atoms with Crippen LogP contribution in [0.15, 0.2) is 29.4 Å². The summed E-state index contributed by atoms with van der Waals surface area (Å²) >= 11 is 1.34. The second-order valence-corrected chi connectivity index (χ2v) is 6.59. The molecule has 0 bridgehead atoms. The molecule has 0 saturated carbocycles. The molecule has 0 aliphatic carbocycles. The first kappa shape index (κ1) is 17.8. The first-order valence-corrected chi connectivity index (χ1v) is 9.31. The van der Waals surface area contributed by atoms with Crippen molar-refractivity contribution in [2.24, 2.45) is 0 Å². The van der Waals surface area contributed by atoms with Gasteiger partial charge in [0.25, 0.3) is 0 Å².